The number of fused-ring (bicyclic) bond motifs is 3. The molecular formula is C34H29IrN3O-2. The maximum Gasteiger partial charge on any atom is 0.216 e. The van der Waals surface area contributed by atoms with Crippen molar-refractivity contribution in [3.05, 3.63) is 115 Å². The summed E-state index contributed by atoms with van der Waals surface area (Å²) in [5.74, 6) is -0.576. The van der Waals surface area contributed by atoms with Gasteiger partial charge in [-0.2, -0.15) is 0 Å². The molecule has 1 aliphatic carbocycles. The first-order chi connectivity index (χ1) is 20.3. The SMILES string of the molecule is [2H]C([2H])([2H])c1ccc2c(n1)oc1c(-c3cc(C4([2H])CCCCC4)ccn3)[c-]ccc12.[Ir].[c-]1ccccc1-c1ccccn1. The maximum atomic E-state index is 8.93. The fourth-order valence-electron chi connectivity index (χ4n) is 4.94. The summed E-state index contributed by atoms with van der Waals surface area (Å²) in [6.07, 6.45) is 8.59. The molecule has 0 N–H and O–H groups in total. The number of hydrogen-bond acceptors (Lipinski definition) is 4. The van der Waals surface area contributed by atoms with Crippen molar-refractivity contribution in [2.24, 2.45) is 0 Å². The topological polar surface area (TPSA) is 51.8 Å². The molecule has 0 saturated heterocycles. The molecule has 6 aromatic rings. The molecule has 1 fully saturated rings. The van der Waals surface area contributed by atoms with E-state index in [0.717, 1.165) is 53.3 Å². The van der Waals surface area contributed by atoms with E-state index < -0.39 is 12.7 Å². The van der Waals surface area contributed by atoms with Gasteiger partial charge >= 0.3 is 0 Å². The first-order valence-electron chi connectivity index (χ1n) is 14.9. The molecule has 0 aliphatic heterocycles. The van der Waals surface area contributed by atoms with E-state index in [2.05, 4.69) is 27.1 Å². The molecule has 1 saturated carbocycles. The summed E-state index contributed by atoms with van der Waals surface area (Å²) in [5.41, 5.74) is 5.25. The van der Waals surface area contributed by atoms with E-state index in [1.807, 2.05) is 66.7 Å². The Balaban J connectivity index is 0.000000238. The van der Waals surface area contributed by atoms with Gasteiger partial charge < -0.3 is 14.4 Å². The van der Waals surface area contributed by atoms with Crippen LogP contribution in [0.4, 0.5) is 0 Å². The van der Waals surface area contributed by atoms with Gasteiger partial charge in [0.1, 0.15) is 0 Å². The largest absolute Gasteiger partial charge is 0.486 e. The molecule has 0 spiro atoms. The predicted molar refractivity (Wildman–Crippen MR) is 153 cm³/mol. The Hall–Kier alpha value is -3.66. The van der Waals surface area contributed by atoms with E-state index in [9.17, 15) is 0 Å². The van der Waals surface area contributed by atoms with Crippen molar-refractivity contribution in [3.8, 4) is 22.5 Å². The van der Waals surface area contributed by atoms with E-state index >= 15 is 0 Å². The average Bonchev–Trinajstić information content (AvgIpc) is 3.41. The van der Waals surface area contributed by atoms with Crippen LogP contribution in [0.3, 0.4) is 0 Å². The second kappa shape index (κ2) is 12.5. The fraction of sp³-hybridized carbons (Fsp3) is 0.206. The molecule has 7 rings (SSSR count). The molecular weight excluding hydrogens is 659 g/mol. The minimum atomic E-state index is -2.29. The van der Waals surface area contributed by atoms with Crippen molar-refractivity contribution in [2.45, 2.75) is 44.8 Å². The van der Waals surface area contributed by atoms with Gasteiger partial charge in [-0.1, -0.05) is 54.0 Å². The van der Waals surface area contributed by atoms with Gasteiger partial charge in [-0.15, -0.1) is 54.1 Å². The molecule has 1 aliphatic rings. The van der Waals surface area contributed by atoms with E-state index in [1.165, 1.54) is 12.5 Å². The van der Waals surface area contributed by atoms with Gasteiger partial charge in [-0.3, -0.25) is 0 Å². The molecule has 0 unspecified atom stereocenters. The standard InChI is InChI=1S/C23H21N2O.C11H8N.Ir/c1-15-10-11-19-18-8-5-9-20(22(18)26-23(19)25-15)21-14-17(12-13-24-21)16-6-3-2-4-7-16;1-2-6-10(7-3-1)11-8-4-5-9-12-11;/h5,8,10-14,16H,2-4,6-7H2,1H3;1-6,8-9H;/q2*-1;/i1D3,16D;;. The minimum Gasteiger partial charge on any atom is -0.486 e. The Kier molecular flexibility index (Phi) is 7.09. The molecule has 4 nitrogen and oxygen atoms in total. The van der Waals surface area contributed by atoms with E-state index in [4.69, 9.17) is 9.90 Å². The Morgan fingerprint density at radius 1 is 0.846 bits per heavy atom. The second-order valence-corrected chi connectivity index (χ2v) is 9.33. The molecule has 39 heavy (non-hydrogen) atoms. The zero-order valence-electron chi connectivity index (χ0n) is 25.3. The monoisotopic (exact) mass is 692 g/mol. The number of furan rings is 1. The van der Waals surface area contributed by atoms with Gasteiger partial charge in [-0.05, 0) is 61.2 Å². The van der Waals surface area contributed by atoms with Gasteiger partial charge in [0.25, 0.3) is 0 Å². The molecule has 2 aromatic carbocycles. The summed E-state index contributed by atoms with van der Waals surface area (Å²) in [5, 5.41) is 1.60. The Labute approximate surface area is 248 Å². The quantitative estimate of drug-likeness (QED) is 0.174. The number of aromatic nitrogens is 3. The Bertz CT molecular complexity index is 1780. The molecule has 1 radical (unpaired) electrons. The van der Waals surface area contributed by atoms with Crippen molar-refractivity contribution in [2.75, 3.05) is 0 Å². The molecule has 197 valence electrons. The van der Waals surface area contributed by atoms with Crippen LogP contribution in [0, 0.1) is 19.0 Å². The third-order valence-electron chi connectivity index (χ3n) is 6.83. The van der Waals surface area contributed by atoms with Gasteiger partial charge in [-0.25, -0.2) is 4.98 Å². The normalized spacial score (nSPS) is 16.1. The number of hydrogen-bond donors (Lipinski definition) is 0. The molecule has 4 heterocycles. The zero-order valence-corrected chi connectivity index (χ0v) is 23.7. The third kappa shape index (κ3) is 6.00. The van der Waals surface area contributed by atoms with Gasteiger partial charge in [0.15, 0.2) is 0 Å². The first kappa shape index (κ1) is 22.2. The van der Waals surface area contributed by atoms with Crippen LogP contribution < -0.4 is 0 Å². The molecule has 0 amide bonds. The summed E-state index contributed by atoms with van der Waals surface area (Å²) >= 11 is 0. The smallest absolute Gasteiger partial charge is 0.216 e. The van der Waals surface area contributed by atoms with Crippen LogP contribution in [0.5, 0.6) is 0 Å². The van der Waals surface area contributed by atoms with E-state index in [1.54, 1.807) is 18.5 Å². The number of pyridine rings is 3. The molecule has 5 heteroatoms. The van der Waals surface area contributed by atoms with Crippen LogP contribution in [0.1, 0.15) is 54.7 Å². The number of rotatable bonds is 3. The Morgan fingerprint density at radius 3 is 2.51 bits per heavy atom. The van der Waals surface area contributed by atoms with Crippen molar-refractivity contribution in [3.63, 3.8) is 0 Å². The second-order valence-electron chi connectivity index (χ2n) is 9.33. The van der Waals surface area contributed by atoms with Crippen LogP contribution in [0.2, 0.25) is 0 Å². The van der Waals surface area contributed by atoms with E-state index in [0.29, 0.717) is 22.6 Å². The van der Waals surface area contributed by atoms with Crippen molar-refractivity contribution in [1.82, 2.24) is 15.0 Å². The van der Waals surface area contributed by atoms with Gasteiger partial charge in [0, 0.05) is 49.1 Å². The molecule has 4 aromatic heterocycles. The van der Waals surface area contributed by atoms with Crippen molar-refractivity contribution >= 4 is 22.1 Å². The molecule has 0 atom stereocenters. The predicted octanol–water partition coefficient (Wildman–Crippen LogP) is 8.75. The van der Waals surface area contributed by atoms with Crippen LogP contribution in [0.15, 0.2) is 95.7 Å². The van der Waals surface area contributed by atoms with Crippen LogP contribution in [-0.4, -0.2) is 15.0 Å². The number of benzene rings is 2. The van der Waals surface area contributed by atoms with Gasteiger partial charge in [0.05, 0.1) is 5.58 Å². The first-order valence-corrected chi connectivity index (χ1v) is 12.9. The summed E-state index contributed by atoms with van der Waals surface area (Å²) in [4.78, 5) is 13.0. The van der Waals surface area contributed by atoms with Gasteiger partial charge in [0.2, 0.25) is 5.71 Å². The van der Waals surface area contributed by atoms with Crippen molar-refractivity contribution in [1.29, 1.82) is 0 Å². The van der Waals surface area contributed by atoms with Crippen molar-refractivity contribution < 1.29 is 30.0 Å². The maximum absolute atomic E-state index is 8.93. The summed E-state index contributed by atoms with van der Waals surface area (Å²) < 4.78 is 37.7. The average molecular weight is 692 g/mol. The van der Waals surface area contributed by atoms with Crippen LogP contribution in [0.25, 0.3) is 44.6 Å². The van der Waals surface area contributed by atoms with Crippen LogP contribution in [-0.2, 0) is 20.1 Å². The fourth-order valence-corrected chi connectivity index (χ4v) is 4.94. The van der Waals surface area contributed by atoms with E-state index in [-0.39, 0.29) is 25.8 Å². The summed E-state index contributed by atoms with van der Waals surface area (Å²) in [7, 11) is 0. The molecule has 0 bridgehead atoms. The zero-order chi connectivity index (χ0) is 29.2. The number of nitrogens with zero attached hydrogens (tertiary/aromatic N) is 3. The van der Waals surface area contributed by atoms with Crippen LogP contribution >= 0.6 is 0 Å². The Morgan fingerprint density at radius 2 is 1.72 bits per heavy atom. The number of aryl methyl sites for hydroxylation is 1. The minimum absolute atomic E-state index is 0. The third-order valence-corrected chi connectivity index (χ3v) is 6.83. The summed E-state index contributed by atoms with van der Waals surface area (Å²) in [6.45, 7) is -2.29. The summed E-state index contributed by atoms with van der Waals surface area (Å²) in [6, 6.07) is 30.9.